The van der Waals surface area contributed by atoms with Gasteiger partial charge in [0.05, 0.1) is 16.7 Å². The summed E-state index contributed by atoms with van der Waals surface area (Å²) in [6, 6.07) is 8.82. The second-order valence-electron chi connectivity index (χ2n) is 5.97. The van der Waals surface area contributed by atoms with Gasteiger partial charge in [0, 0.05) is 17.1 Å². The number of aromatic carboxylic acids is 1. The van der Waals surface area contributed by atoms with E-state index in [1.807, 2.05) is 6.07 Å². The second kappa shape index (κ2) is 9.34. The summed E-state index contributed by atoms with van der Waals surface area (Å²) >= 11 is 15.0. The molecule has 0 saturated carbocycles. The van der Waals surface area contributed by atoms with Crippen molar-refractivity contribution in [3.05, 3.63) is 73.4 Å². The van der Waals surface area contributed by atoms with Gasteiger partial charge in [0.25, 0.3) is 5.91 Å². The van der Waals surface area contributed by atoms with Gasteiger partial charge in [-0.25, -0.2) is 14.2 Å². The Labute approximate surface area is 192 Å². The molecule has 0 aliphatic heterocycles. The molecule has 3 aromatic rings. The van der Waals surface area contributed by atoms with Gasteiger partial charge < -0.3 is 20.1 Å². The molecule has 2 aromatic carbocycles. The van der Waals surface area contributed by atoms with Crippen LogP contribution in [-0.2, 0) is 6.54 Å². The molecular weight excluding hydrogens is 518 g/mol. The van der Waals surface area contributed by atoms with Gasteiger partial charge in [-0.3, -0.25) is 4.79 Å². The number of nitrogens with one attached hydrogen (secondary N) is 2. The van der Waals surface area contributed by atoms with Crippen molar-refractivity contribution >= 4 is 51.0 Å². The maximum atomic E-state index is 15.0. The fourth-order valence-electron chi connectivity index (χ4n) is 2.47. The van der Waals surface area contributed by atoms with Crippen LogP contribution in [0.5, 0.6) is 11.5 Å². The standard InChI is InChI=1S/C19H10BrCl2FN4O4/c20-16-14(26-17(27-16)19(29)30)18(28)25-7-9-1-2-12(22)15(13(9)23)31-11-4-8(6-24)3-10(21)5-11/h1-5H,7H2,(H,25,28)(H,26,27)(H,29,30). The van der Waals surface area contributed by atoms with Crippen LogP contribution in [0.2, 0.25) is 10.0 Å². The number of carboxylic acids is 1. The molecule has 0 unspecified atom stereocenters. The molecule has 0 saturated heterocycles. The number of nitrogens with zero attached hydrogens (tertiary/aromatic N) is 2. The summed E-state index contributed by atoms with van der Waals surface area (Å²) in [5, 5.41) is 20.6. The number of aromatic nitrogens is 2. The van der Waals surface area contributed by atoms with E-state index in [1.54, 1.807) is 0 Å². The first-order valence-corrected chi connectivity index (χ1v) is 9.87. The minimum Gasteiger partial charge on any atom is -0.475 e. The predicted molar refractivity (Wildman–Crippen MR) is 112 cm³/mol. The molecule has 1 amide bonds. The Balaban J connectivity index is 1.81. The quantitative estimate of drug-likeness (QED) is 0.417. The molecule has 31 heavy (non-hydrogen) atoms. The Bertz CT molecular complexity index is 1240. The molecule has 0 aliphatic carbocycles. The molecular formula is C19H10BrCl2FN4O4. The monoisotopic (exact) mass is 526 g/mol. The summed E-state index contributed by atoms with van der Waals surface area (Å²) in [5.41, 5.74) is 0.0550. The Morgan fingerprint density at radius 2 is 2.06 bits per heavy atom. The van der Waals surface area contributed by atoms with Gasteiger partial charge in [-0.15, -0.1) is 0 Å². The van der Waals surface area contributed by atoms with Crippen LogP contribution < -0.4 is 10.1 Å². The van der Waals surface area contributed by atoms with E-state index in [0.717, 1.165) is 0 Å². The number of carboxylic acid groups (broad SMARTS) is 1. The normalized spacial score (nSPS) is 10.4. The highest BCUT2D eigenvalue weighted by Gasteiger charge is 2.21. The van der Waals surface area contributed by atoms with Gasteiger partial charge in [-0.2, -0.15) is 5.26 Å². The molecule has 1 aromatic heterocycles. The van der Waals surface area contributed by atoms with Gasteiger partial charge in [0.1, 0.15) is 10.4 Å². The molecule has 12 heteroatoms. The van der Waals surface area contributed by atoms with E-state index in [2.05, 4.69) is 31.2 Å². The number of nitriles is 1. The average Bonchev–Trinajstić information content (AvgIpc) is 3.12. The average molecular weight is 528 g/mol. The smallest absolute Gasteiger partial charge is 0.371 e. The lowest BCUT2D eigenvalue weighted by atomic mass is 10.2. The Morgan fingerprint density at radius 1 is 1.32 bits per heavy atom. The number of amides is 1. The minimum atomic E-state index is -1.34. The van der Waals surface area contributed by atoms with E-state index >= 15 is 0 Å². The highest BCUT2D eigenvalue weighted by molar-refractivity contribution is 9.10. The number of hydrogen-bond donors (Lipinski definition) is 3. The van der Waals surface area contributed by atoms with Crippen molar-refractivity contribution < 1.29 is 23.8 Å². The summed E-state index contributed by atoms with van der Waals surface area (Å²) in [6.45, 7) is -0.265. The molecule has 3 N–H and O–H groups in total. The van der Waals surface area contributed by atoms with Crippen LogP contribution in [0.15, 0.2) is 34.9 Å². The molecule has 0 aliphatic rings. The minimum absolute atomic E-state index is 0.0350. The van der Waals surface area contributed by atoms with Crippen LogP contribution in [0.25, 0.3) is 0 Å². The summed E-state index contributed by atoms with van der Waals surface area (Å²) < 4.78 is 20.5. The maximum Gasteiger partial charge on any atom is 0.371 e. The largest absolute Gasteiger partial charge is 0.475 e. The zero-order valence-electron chi connectivity index (χ0n) is 15.2. The lowest BCUT2D eigenvalue weighted by Crippen LogP contribution is -2.24. The van der Waals surface area contributed by atoms with Crippen molar-refractivity contribution in [3.63, 3.8) is 0 Å². The molecule has 0 atom stereocenters. The molecule has 0 radical (unpaired) electrons. The third-order valence-electron chi connectivity index (χ3n) is 3.87. The third-order valence-corrected chi connectivity index (χ3v) is 4.96. The third kappa shape index (κ3) is 5.14. The van der Waals surface area contributed by atoms with Crippen molar-refractivity contribution in [2.24, 2.45) is 0 Å². The number of carbonyl (C=O) groups excluding carboxylic acids is 1. The molecule has 158 valence electrons. The number of carbonyl (C=O) groups is 2. The van der Waals surface area contributed by atoms with E-state index < -0.39 is 23.5 Å². The number of ether oxygens (including phenoxy) is 1. The van der Waals surface area contributed by atoms with Crippen molar-refractivity contribution in [2.45, 2.75) is 6.54 Å². The van der Waals surface area contributed by atoms with Crippen molar-refractivity contribution in [1.82, 2.24) is 15.3 Å². The van der Waals surface area contributed by atoms with E-state index in [1.165, 1.54) is 30.3 Å². The van der Waals surface area contributed by atoms with Gasteiger partial charge in [-0.1, -0.05) is 29.3 Å². The number of halogens is 4. The fraction of sp³-hybridized carbons (Fsp3) is 0.0526. The summed E-state index contributed by atoms with van der Waals surface area (Å²) in [7, 11) is 0. The van der Waals surface area contributed by atoms with Crippen LogP contribution >= 0.6 is 39.1 Å². The fourth-order valence-corrected chi connectivity index (χ4v) is 3.34. The van der Waals surface area contributed by atoms with E-state index in [4.69, 9.17) is 38.3 Å². The highest BCUT2D eigenvalue weighted by Crippen LogP contribution is 2.35. The number of aromatic amines is 1. The van der Waals surface area contributed by atoms with Crippen LogP contribution in [0, 0.1) is 17.1 Å². The maximum absolute atomic E-state index is 15.0. The highest BCUT2D eigenvalue weighted by atomic mass is 79.9. The lowest BCUT2D eigenvalue weighted by molar-refractivity contribution is 0.0684. The Hall–Kier alpha value is -3.13. The van der Waals surface area contributed by atoms with E-state index in [-0.39, 0.29) is 49.5 Å². The lowest BCUT2D eigenvalue weighted by Gasteiger charge is -2.13. The van der Waals surface area contributed by atoms with Gasteiger partial charge in [-0.05, 0) is 40.2 Å². The van der Waals surface area contributed by atoms with Crippen LogP contribution in [0.1, 0.15) is 32.2 Å². The molecule has 1 heterocycles. The van der Waals surface area contributed by atoms with Crippen LogP contribution in [-0.4, -0.2) is 27.0 Å². The first kappa shape index (κ1) is 22.6. The number of imidazole rings is 1. The first-order chi connectivity index (χ1) is 14.7. The molecule has 0 bridgehead atoms. The zero-order chi connectivity index (χ0) is 22.7. The molecule has 0 spiro atoms. The number of H-pyrrole nitrogens is 1. The molecule has 0 fully saturated rings. The Morgan fingerprint density at radius 3 is 2.71 bits per heavy atom. The first-order valence-electron chi connectivity index (χ1n) is 8.32. The predicted octanol–water partition coefficient (Wildman–Crippen LogP) is 4.91. The van der Waals surface area contributed by atoms with Gasteiger partial charge in [0.15, 0.2) is 17.3 Å². The van der Waals surface area contributed by atoms with Crippen molar-refractivity contribution in [1.29, 1.82) is 5.26 Å². The Kier molecular flexibility index (Phi) is 6.80. The van der Waals surface area contributed by atoms with Crippen molar-refractivity contribution in [2.75, 3.05) is 0 Å². The SMILES string of the molecule is N#Cc1cc(Cl)cc(Oc2c(Cl)ccc(CNC(=O)c3nc(C(=O)O)[nH]c3Br)c2F)c1. The van der Waals surface area contributed by atoms with Crippen LogP contribution in [0.4, 0.5) is 4.39 Å². The van der Waals surface area contributed by atoms with E-state index in [9.17, 15) is 14.0 Å². The van der Waals surface area contributed by atoms with Gasteiger partial charge in [0.2, 0.25) is 5.82 Å². The van der Waals surface area contributed by atoms with E-state index in [0.29, 0.717) is 0 Å². The van der Waals surface area contributed by atoms with Gasteiger partial charge >= 0.3 is 5.97 Å². The number of benzene rings is 2. The van der Waals surface area contributed by atoms with Crippen LogP contribution in [0.3, 0.4) is 0 Å². The topological polar surface area (TPSA) is 128 Å². The van der Waals surface area contributed by atoms with Crippen molar-refractivity contribution in [3.8, 4) is 17.6 Å². The summed E-state index contributed by atoms with van der Waals surface area (Å²) in [6.07, 6.45) is 0. The summed E-state index contributed by atoms with van der Waals surface area (Å²) in [5.74, 6) is -3.55. The second-order valence-corrected chi connectivity index (χ2v) is 7.61. The number of hydrogen-bond acceptors (Lipinski definition) is 5. The molecule has 8 nitrogen and oxygen atoms in total. The zero-order valence-corrected chi connectivity index (χ0v) is 18.3. The summed E-state index contributed by atoms with van der Waals surface area (Å²) in [4.78, 5) is 29.3. The number of rotatable bonds is 6. The molecule has 3 rings (SSSR count).